The predicted octanol–water partition coefficient (Wildman–Crippen LogP) is 2.29. The van der Waals surface area contributed by atoms with Crippen molar-refractivity contribution >= 4 is 22.6 Å². The molecule has 0 amide bonds. The molecule has 4 heterocycles. The van der Waals surface area contributed by atoms with Crippen LogP contribution in [0.5, 0.6) is 0 Å². The molecule has 3 N–H and O–H groups in total. The highest BCUT2D eigenvalue weighted by Gasteiger charge is 2.16. The van der Waals surface area contributed by atoms with E-state index in [-0.39, 0.29) is 0 Å². The number of aromatic nitrogens is 7. The molecule has 0 radical (unpaired) electrons. The topological polar surface area (TPSA) is 103 Å². The number of hydrogen-bond acceptors (Lipinski definition) is 5. The van der Waals surface area contributed by atoms with Crippen molar-refractivity contribution in [2.75, 3.05) is 5.73 Å². The summed E-state index contributed by atoms with van der Waals surface area (Å²) in [4.78, 5) is 12.2. The van der Waals surface area contributed by atoms with E-state index in [0.717, 1.165) is 23.1 Å². The summed E-state index contributed by atoms with van der Waals surface area (Å²) in [7, 11) is 0. The van der Waals surface area contributed by atoms with Gasteiger partial charge in [0, 0.05) is 12.7 Å². The molecule has 128 valence electrons. The molecule has 0 aliphatic heterocycles. The second-order valence-corrected chi connectivity index (χ2v) is 6.07. The molecule has 5 aromatic rings. The summed E-state index contributed by atoms with van der Waals surface area (Å²) >= 11 is 0. The number of hydrogen-bond donors (Lipinski definition) is 2. The minimum atomic E-state index is 0.291. The molecule has 1 aromatic carbocycles. The number of benzene rings is 1. The predicted molar refractivity (Wildman–Crippen MR) is 98.4 cm³/mol. The van der Waals surface area contributed by atoms with E-state index in [1.54, 1.807) is 10.7 Å². The summed E-state index contributed by atoms with van der Waals surface area (Å²) in [6, 6.07) is 14.1. The van der Waals surface area contributed by atoms with E-state index in [2.05, 4.69) is 37.3 Å². The summed E-state index contributed by atoms with van der Waals surface area (Å²) in [5.41, 5.74) is 9.58. The molecule has 0 aliphatic carbocycles. The first kappa shape index (κ1) is 14.6. The van der Waals surface area contributed by atoms with Gasteiger partial charge in [0.1, 0.15) is 0 Å². The highest BCUT2D eigenvalue weighted by atomic mass is 15.4. The Morgan fingerprint density at radius 3 is 2.69 bits per heavy atom. The Morgan fingerprint density at radius 2 is 1.88 bits per heavy atom. The van der Waals surface area contributed by atoms with Gasteiger partial charge in [0.05, 0.1) is 17.3 Å². The Balaban J connectivity index is 1.58. The van der Waals surface area contributed by atoms with Gasteiger partial charge in [0.2, 0.25) is 5.95 Å². The van der Waals surface area contributed by atoms with E-state index in [1.165, 1.54) is 5.56 Å². The number of rotatable bonds is 4. The van der Waals surface area contributed by atoms with Crippen molar-refractivity contribution in [1.82, 2.24) is 34.3 Å². The van der Waals surface area contributed by atoms with E-state index < -0.39 is 0 Å². The van der Waals surface area contributed by atoms with Gasteiger partial charge < -0.3 is 10.7 Å². The third kappa shape index (κ3) is 2.31. The maximum atomic E-state index is 6.12. The zero-order chi connectivity index (χ0) is 17.5. The van der Waals surface area contributed by atoms with Crippen LogP contribution < -0.4 is 5.73 Å². The van der Waals surface area contributed by atoms with Crippen molar-refractivity contribution in [3.63, 3.8) is 0 Å². The van der Waals surface area contributed by atoms with Crippen molar-refractivity contribution in [1.29, 1.82) is 0 Å². The van der Waals surface area contributed by atoms with Gasteiger partial charge in [-0.3, -0.25) is 0 Å². The zero-order valence-corrected chi connectivity index (χ0v) is 13.9. The SMILES string of the molecule is Nc1nc2c(cnn2CCc2ccccc2)c2nc(-c3ccc[nH]3)nn12. The molecule has 26 heavy (non-hydrogen) atoms. The molecule has 0 fully saturated rings. The molecule has 0 unspecified atom stereocenters. The number of nitrogen functional groups attached to an aromatic ring is 1. The van der Waals surface area contributed by atoms with E-state index in [1.807, 2.05) is 41.2 Å². The van der Waals surface area contributed by atoms with Crippen LogP contribution in [-0.2, 0) is 13.0 Å². The summed E-state index contributed by atoms with van der Waals surface area (Å²) in [6.07, 6.45) is 4.47. The monoisotopic (exact) mass is 344 g/mol. The number of nitrogens with zero attached hydrogens (tertiary/aromatic N) is 6. The van der Waals surface area contributed by atoms with Crippen LogP contribution in [0.15, 0.2) is 54.9 Å². The first-order valence-corrected chi connectivity index (χ1v) is 8.35. The largest absolute Gasteiger partial charge is 0.368 e. The number of anilines is 1. The van der Waals surface area contributed by atoms with Crippen LogP contribution in [0.1, 0.15) is 5.56 Å². The van der Waals surface area contributed by atoms with Crippen LogP contribution >= 0.6 is 0 Å². The first-order chi connectivity index (χ1) is 12.8. The normalized spacial score (nSPS) is 11.5. The summed E-state index contributed by atoms with van der Waals surface area (Å²) in [5, 5.41) is 9.77. The molecule has 0 atom stereocenters. The lowest BCUT2D eigenvalue weighted by Crippen LogP contribution is -2.07. The van der Waals surface area contributed by atoms with Crippen molar-refractivity contribution in [2.24, 2.45) is 0 Å². The van der Waals surface area contributed by atoms with Crippen LogP contribution in [0.4, 0.5) is 5.95 Å². The average molecular weight is 344 g/mol. The minimum Gasteiger partial charge on any atom is -0.368 e. The molecule has 8 nitrogen and oxygen atoms in total. The number of H-pyrrole nitrogens is 1. The van der Waals surface area contributed by atoms with Crippen molar-refractivity contribution < 1.29 is 0 Å². The minimum absolute atomic E-state index is 0.291. The quantitative estimate of drug-likeness (QED) is 0.521. The van der Waals surface area contributed by atoms with Crippen LogP contribution in [0.25, 0.3) is 28.2 Å². The molecule has 0 spiro atoms. The number of aromatic amines is 1. The highest BCUT2D eigenvalue weighted by molar-refractivity contribution is 5.90. The van der Waals surface area contributed by atoms with Gasteiger partial charge in [-0.25, -0.2) is 9.67 Å². The Morgan fingerprint density at radius 1 is 1.00 bits per heavy atom. The van der Waals surface area contributed by atoms with Gasteiger partial charge in [-0.05, 0) is 24.1 Å². The van der Waals surface area contributed by atoms with Crippen LogP contribution in [0.3, 0.4) is 0 Å². The summed E-state index contributed by atoms with van der Waals surface area (Å²) in [6.45, 7) is 0.716. The molecule has 0 saturated heterocycles. The molecule has 0 saturated carbocycles. The lowest BCUT2D eigenvalue weighted by atomic mass is 10.1. The third-order valence-corrected chi connectivity index (χ3v) is 4.39. The van der Waals surface area contributed by atoms with Crippen LogP contribution in [0.2, 0.25) is 0 Å². The van der Waals surface area contributed by atoms with Crippen molar-refractivity contribution in [2.45, 2.75) is 13.0 Å². The van der Waals surface area contributed by atoms with Gasteiger partial charge >= 0.3 is 0 Å². The summed E-state index contributed by atoms with van der Waals surface area (Å²) in [5.74, 6) is 0.868. The Bertz CT molecular complexity index is 1180. The summed E-state index contributed by atoms with van der Waals surface area (Å²) < 4.78 is 3.42. The van der Waals surface area contributed by atoms with E-state index in [9.17, 15) is 0 Å². The molecule has 5 rings (SSSR count). The molecule has 0 bridgehead atoms. The van der Waals surface area contributed by atoms with Gasteiger partial charge in [-0.2, -0.15) is 14.6 Å². The van der Waals surface area contributed by atoms with Gasteiger partial charge in [0.25, 0.3) is 0 Å². The Labute approximate surface area is 148 Å². The van der Waals surface area contributed by atoms with E-state index in [4.69, 9.17) is 5.73 Å². The molecule has 8 heteroatoms. The van der Waals surface area contributed by atoms with Gasteiger partial charge in [-0.15, -0.1) is 5.10 Å². The second-order valence-electron chi connectivity index (χ2n) is 6.07. The zero-order valence-electron chi connectivity index (χ0n) is 13.9. The maximum absolute atomic E-state index is 6.12. The fourth-order valence-corrected chi connectivity index (χ4v) is 3.08. The average Bonchev–Trinajstić information content (AvgIpc) is 3.39. The van der Waals surface area contributed by atoms with Gasteiger partial charge in [0.15, 0.2) is 17.1 Å². The van der Waals surface area contributed by atoms with Crippen LogP contribution in [0, 0.1) is 0 Å². The fraction of sp³-hybridized carbons (Fsp3) is 0.111. The van der Waals surface area contributed by atoms with Crippen molar-refractivity contribution in [3.8, 4) is 11.5 Å². The number of aryl methyl sites for hydroxylation is 2. The van der Waals surface area contributed by atoms with Gasteiger partial charge in [-0.1, -0.05) is 30.3 Å². The number of nitrogens with one attached hydrogen (secondary N) is 1. The Kier molecular flexibility index (Phi) is 3.21. The Hall–Kier alpha value is -3.68. The number of nitrogens with two attached hydrogens (primary N) is 1. The highest BCUT2D eigenvalue weighted by Crippen LogP contribution is 2.22. The molecular formula is C18H16N8. The molecule has 4 aromatic heterocycles. The van der Waals surface area contributed by atoms with Crippen LogP contribution in [-0.4, -0.2) is 34.3 Å². The van der Waals surface area contributed by atoms with E-state index in [0.29, 0.717) is 24.0 Å². The lowest BCUT2D eigenvalue weighted by Gasteiger charge is -2.04. The maximum Gasteiger partial charge on any atom is 0.225 e. The molecule has 0 aliphatic rings. The standard InChI is InChI=1S/C18H16N8/c19-18-23-16-13(11-21-25(16)10-8-12-5-2-1-3-6-12)17-22-15(24-26(17)18)14-7-4-9-20-14/h1-7,9,11,20H,8,10H2,(H2,19,23). The van der Waals surface area contributed by atoms with E-state index >= 15 is 0 Å². The second kappa shape index (κ2) is 5.69. The fourth-order valence-electron chi connectivity index (χ4n) is 3.08. The van der Waals surface area contributed by atoms with Crippen molar-refractivity contribution in [3.05, 3.63) is 60.4 Å². The third-order valence-electron chi connectivity index (χ3n) is 4.39. The lowest BCUT2D eigenvalue weighted by molar-refractivity contribution is 0.629. The first-order valence-electron chi connectivity index (χ1n) is 8.35. The molecular weight excluding hydrogens is 328 g/mol. The smallest absolute Gasteiger partial charge is 0.225 e. The number of fused-ring (bicyclic) bond motifs is 3.